The summed E-state index contributed by atoms with van der Waals surface area (Å²) in [4.78, 5) is 26.3. The molecule has 166 valence electrons. The molecular weight excluding hydrogens is 396 g/mol. The second-order valence-corrected chi connectivity index (χ2v) is 9.64. The standard InChI is InChI=1S/C25H30O6/c1-12(2)21(27)25(30)22(28)15(5)17-10-9-14(4)24(17,25)11-16-20(26)19-13(3)7-6-8-18(19)31-23(16)29/h6-8,12,14,21,26-27,30H,9-11H2,1-5H3. The molecule has 2 aliphatic carbocycles. The minimum atomic E-state index is -2.07. The quantitative estimate of drug-likeness (QED) is 0.647. The smallest absolute Gasteiger partial charge is 0.343 e. The number of aryl methyl sites for hydroxylation is 1. The molecule has 0 bridgehead atoms. The zero-order valence-electron chi connectivity index (χ0n) is 18.7. The number of aromatic hydroxyl groups is 1. The summed E-state index contributed by atoms with van der Waals surface area (Å²) in [5, 5.41) is 34.6. The Labute approximate surface area is 181 Å². The molecule has 31 heavy (non-hydrogen) atoms. The maximum atomic E-state index is 13.3. The lowest BCUT2D eigenvalue weighted by molar-refractivity contribution is -0.176. The van der Waals surface area contributed by atoms with E-state index in [1.807, 2.05) is 19.9 Å². The lowest BCUT2D eigenvalue weighted by atomic mass is 9.59. The largest absolute Gasteiger partial charge is 0.507 e. The minimum Gasteiger partial charge on any atom is -0.507 e. The lowest BCUT2D eigenvalue weighted by Crippen LogP contribution is -2.62. The van der Waals surface area contributed by atoms with Crippen LogP contribution in [0.1, 0.15) is 51.7 Å². The summed E-state index contributed by atoms with van der Waals surface area (Å²) in [5.41, 5.74) is -1.65. The molecule has 4 atom stereocenters. The van der Waals surface area contributed by atoms with Gasteiger partial charge in [0.15, 0.2) is 11.4 Å². The molecular formula is C25H30O6. The fourth-order valence-electron chi connectivity index (χ4n) is 6.05. The molecule has 6 heteroatoms. The van der Waals surface area contributed by atoms with Gasteiger partial charge in [0.2, 0.25) is 0 Å². The van der Waals surface area contributed by atoms with E-state index < -0.39 is 28.5 Å². The van der Waals surface area contributed by atoms with E-state index in [1.165, 1.54) is 0 Å². The van der Waals surface area contributed by atoms with E-state index in [0.29, 0.717) is 23.8 Å². The molecule has 0 aliphatic heterocycles. The molecule has 4 unspecified atom stereocenters. The SMILES string of the molecule is CC1=C2CCC(C)C2(Cc2c(O)c3c(C)cccc3oc2=O)C(O)(C(O)C(C)C)C1=O. The van der Waals surface area contributed by atoms with Crippen molar-refractivity contribution < 1.29 is 24.5 Å². The van der Waals surface area contributed by atoms with Crippen molar-refractivity contribution in [1.29, 1.82) is 0 Å². The third-order valence-corrected chi connectivity index (χ3v) is 7.75. The van der Waals surface area contributed by atoms with Gasteiger partial charge in [0, 0.05) is 5.41 Å². The number of carbonyl (C=O) groups is 1. The second kappa shape index (κ2) is 7.04. The fraction of sp³-hybridized carbons (Fsp3) is 0.520. The number of Topliss-reactive ketones (excluding diaryl/α,β-unsaturated/α-hetero) is 1. The average molecular weight is 427 g/mol. The van der Waals surface area contributed by atoms with Gasteiger partial charge < -0.3 is 19.7 Å². The molecule has 1 saturated carbocycles. The van der Waals surface area contributed by atoms with Gasteiger partial charge in [-0.15, -0.1) is 0 Å². The molecule has 1 aromatic carbocycles. The number of aliphatic hydroxyl groups is 2. The van der Waals surface area contributed by atoms with Crippen LogP contribution in [0.4, 0.5) is 0 Å². The van der Waals surface area contributed by atoms with Gasteiger partial charge in [-0.1, -0.05) is 38.5 Å². The molecule has 0 radical (unpaired) electrons. The van der Waals surface area contributed by atoms with E-state index in [1.54, 1.807) is 32.9 Å². The number of carbonyl (C=O) groups excluding carboxylic acids is 1. The van der Waals surface area contributed by atoms with Crippen molar-refractivity contribution in [1.82, 2.24) is 0 Å². The molecule has 1 heterocycles. The van der Waals surface area contributed by atoms with Crippen molar-refractivity contribution in [2.75, 3.05) is 0 Å². The van der Waals surface area contributed by atoms with Crippen LogP contribution in [0.2, 0.25) is 0 Å². The first-order valence-corrected chi connectivity index (χ1v) is 10.9. The zero-order valence-corrected chi connectivity index (χ0v) is 18.7. The number of fused-ring (bicyclic) bond motifs is 2. The maximum absolute atomic E-state index is 13.3. The van der Waals surface area contributed by atoms with Crippen LogP contribution in [-0.2, 0) is 11.2 Å². The van der Waals surface area contributed by atoms with Crippen LogP contribution >= 0.6 is 0 Å². The number of hydrogen-bond acceptors (Lipinski definition) is 6. The Kier molecular flexibility index (Phi) is 4.94. The first kappa shape index (κ1) is 21.8. The van der Waals surface area contributed by atoms with Gasteiger partial charge >= 0.3 is 5.63 Å². The Morgan fingerprint density at radius 3 is 2.55 bits per heavy atom. The van der Waals surface area contributed by atoms with E-state index in [9.17, 15) is 24.9 Å². The molecule has 1 aromatic heterocycles. The van der Waals surface area contributed by atoms with E-state index in [2.05, 4.69) is 0 Å². The molecule has 2 aliphatic rings. The van der Waals surface area contributed by atoms with Crippen LogP contribution in [0.15, 0.2) is 38.6 Å². The molecule has 0 spiro atoms. The number of benzene rings is 1. The number of hydrogen-bond donors (Lipinski definition) is 3. The van der Waals surface area contributed by atoms with E-state index in [-0.39, 0.29) is 35.2 Å². The average Bonchev–Trinajstić information content (AvgIpc) is 3.12. The van der Waals surface area contributed by atoms with E-state index in [0.717, 1.165) is 11.1 Å². The summed E-state index contributed by atoms with van der Waals surface area (Å²) in [6.07, 6.45) is -0.0776. The monoisotopic (exact) mass is 426 g/mol. The van der Waals surface area contributed by atoms with Crippen molar-refractivity contribution in [3.05, 3.63) is 50.9 Å². The third kappa shape index (κ3) is 2.64. The summed E-state index contributed by atoms with van der Waals surface area (Å²) < 4.78 is 5.51. The summed E-state index contributed by atoms with van der Waals surface area (Å²) in [5.74, 6) is -1.24. The fourth-order valence-corrected chi connectivity index (χ4v) is 6.05. The van der Waals surface area contributed by atoms with Gasteiger partial charge in [0.05, 0.1) is 17.1 Å². The van der Waals surface area contributed by atoms with E-state index >= 15 is 0 Å². The number of rotatable bonds is 4. The Morgan fingerprint density at radius 1 is 1.23 bits per heavy atom. The van der Waals surface area contributed by atoms with Crippen LogP contribution in [0.25, 0.3) is 11.0 Å². The van der Waals surface area contributed by atoms with Crippen molar-refractivity contribution in [3.8, 4) is 5.75 Å². The van der Waals surface area contributed by atoms with Gasteiger partial charge in [0.1, 0.15) is 11.3 Å². The van der Waals surface area contributed by atoms with Gasteiger partial charge in [-0.25, -0.2) is 4.79 Å². The van der Waals surface area contributed by atoms with Gasteiger partial charge in [-0.2, -0.15) is 0 Å². The third-order valence-electron chi connectivity index (χ3n) is 7.75. The van der Waals surface area contributed by atoms with Crippen LogP contribution in [-0.4, -0.2) is 32.8 Å². The number of aliphatic hydroxyl groups excluding tert-OH is 1. The predicted octanol–water partition coefficient (Wildman–Crippen LogP) is 3.41. The highest BCUT2D eigenvalue weighted by Gasteiger charge is 2.69. The highest BCUT2D eigenvalue weighted by molar-refractivity contribution is 6.07. The summed E-state index contributed by atoms with van der Waals surface area (Å²) in [7, 11) is 0. The second-order valence-electron chi connectivity index (χ2n) is 9.64. The van der Waals surface area contributed by atoms with Crippen LogP contribution in [0.5, 0.6) is 5.75 Å². The van der Waals surface area contributed by atoms with Crippen molar-refractivity contribution in [2.45, 2.75) is 65.6 Å². The lowest BCUT2D eigenvalue weighted by Gasteiger charge is -2.47. The maximum Gasteiger partial charge on any atom is 0.343 e. The van der Waals surface area contributed by atoms with Crippen molar-refractivity contribution >= 4 is 16.8 Å². The van der Waals surface area contributed by atoms with Gasteiger partial charge in [0.25, 0.3) is 0 Å². The highest BCUT2D eigenvalue weighted by Crippen LogP contribution is 2.63. The van der Waals surface area contributed by atoms with Crippen LogP contribution < -0.4 is 5.63 Å². The molecule has 6 nitrogen and oxygen atoms in total. The van der Waals surface area contributed by atoms with Crippen LogP contribution in [0, 0.1) is 24.2 Å². The first-order chi connectivity index (χ1) is 14.5. The normalized spacial score (nSPS) is 29.3. The number of ketones is 1. The minimum absolute atomic E-state index is 0.0323. The Bertz CT molecular complexity index is 1170. The van der Waals surface area contributed by atoms with E-state index in [4.69, 9.17) is 4.42 Å². The molecule has 1 fully saturated rings. The van der Waals surface area contributed by atoms with Crippen molar-refractivity contribution in [3.63, 3.8) is 0 Å². The first-order valence-electron chi connectivity index (χ1n) is 10.9. The summed E-state index contributed by atoms with van der Waals surface area (Å²) >= 11 is 0. The molecule has 2 aromatic rings. The summed E-state index contributed by atoms with van der Waals surface area (Å²) in [6, 6.07) is 5.18. The highest BCUT2D eigenvalue weighted by atomic mass is 16.4. The van der Waals surface area contributed by atoms with Gasteiger partial charge in [-0.05, 0) is 62.1 Å². The summed E-state index contributed by atoms with van der Waals surface area (Å²) in [6.45, 7) is 8.93. The van der Waals surface area contributed by atoms with Gasteiger partial charge in [-0.3, -0.25) is 4.79 Å². The molecule has 3 N–H and O–H groups in total. The topological polar surface area (TPSA) is 108 Å². The molecule has 4 rings (SSSR count). The Hall–Kier alpha value is -2.44. The zero-order chi connectivity index (χ0) is 22.9. The predicted molar refractivity (Wildman–Crippen MR) is 117 cm³/mol. The Morgan fingerprint density at radius 2 is 1.90 bits per heavy atom. The van der Waals surface area contributed by atoms with Crippen LogP contribution in [0.3, 0.4) is 0 Å². The Balaban J connectivity index is 2.00. The molecule has 0 saturated heterocycles. The van der Waals surface area contributed by atoms with Crippen molar-refractivity contribution in [2.24, 2.45) is 17.3 Å². The molecule has 0 amide bonds.